The highest BCUT2D eigenvalue weighted by atomic mass is 16.3. The first-order valence-electron chi connectivity index (χ1n) is 14.1. The van der Waals surface area contributed by atoms with Crippen molar-refractivity contribution in [3.05, 3.63) is 11.6 Å². The van der Waals surface area contributed by atoms with Gasteiger partial charge < -0.3 is 20.4 Å². The molecule has 0 bridgehead atoms. The summed E-state index contributed by atoms with van der Waals surface area (Å²) >= 11 is 0. The van der Waals surface area contributed by atoms with Crippen molar-refractivity contribution in [2.24, 2.45) is 56.7 Å². The maximum absolute atomic E-state index is 11.8. The molecule has 5 aliphatic carbocycles. The van der Waals surface area contributed by atoms with Gasteiger partial charge in [0.1, 0.15) is 0 Å². The molecule has 4 saturated carbocycles. The standard InChI is InChI=1S/C30H50O4/c1-17(2)19-14-21(33)25-29(7)11-8-18-24(28(29,6)12-13-30(19,25)16-31)20(32)15-22-26(3,4)23(34)9-10-27(18,22)5/h8,17,19-25,31-34H,9-16H2,1-7H3/t19-,20-,21+,22-,23-,24-,25+,27+,28-,29+,30+/m0/s1. The minimum Gasteiger partial charge on any atom is -0.396 e. The average Bonchev–Trinajstić information content (AvgIpc) is 3.08. The predicted octanol–water partition coefficient (Wildman–Crippen LogP) is 4.94. The van der Waals surface area contributed by atoms with Crippen molar-refractivity contribution in [2.45, 2.75) is 112 Å². The Hall–Kier alpha value is -0.420. The molecule has 194 valence electrons. The molecule has 0 radical (unpaired) electrons. The van der Waals surface area contributed by atoms with Gasteiger partial charge in [-0.2, -0.15) is 0 Å². The van der Waals surface area contributed by atoms with Crippen molar-refractivity contribution >= 4 is 0 Å². The average molecular weight is 475 g/mol. The number of hydrogen-bond donors (Lipinski definition) is 4. The Labute approximate surface area is 207 Å². The van der Waals surface area contributed by atoms with Crippen LogP contribution in [-0.4, -0.2) is 45.3 Å². The molecule has 0 aromatic heterocycles. The maximum Gasteiger partial charge on any atom is 0.0614 e. The van der Waals surface area contributed by atoms with Gasteiger partial charge in [-0.1, -0.05) is 60.1 Å². The second-order valence-corrected chi connectivity index (χ2v) is 14.8. The lowest BCUT2D eigenvalue weighted by molar-refractivity contribution is -0.212. The molecule has 4 nitrogen and oxygen atoms in total. The van der Waals surface area contributed by atoms with E-state index >= 15 is 0 Å². The molecule has 4 heteroatoms. The minimum atomic E-state index is -0.431. The SMILES string of the molecule is CC(C)[C@@H]1C[C@@H](O)[C@H]2[C@@]1(CO)CC[C@@]1(C)[C@H]3C(=CC[C@]21C)[C@@]1(C)CC[C@H](O)C(C)(C)[C@@H]1C[C@@H]3O. The molecule has 0 unspecified atom stereocenters. The monoisotopic (exact) mass is 474 g/mol. The number of fused-ring (bicyclic) bond motifs is 7. The molecule has 0 aromatic carbocycles. The van der Waals surface area contributed by atoms with Crippen LogP contribution in [0.5, 0.6) is 0 Å². The van der Waals surface area contributed by atoms with Gasteiger partial charge in [0.05, 0.1) is 18.3 Å². The van der Waals surface area contributed by atoms with E-state index in [-0.39, 0.29) is 57.5 Å². The van der Waals surface area contributed by atoms with Crippen molar-refractivity contribution in [1.29, 1.82) is 0 Å². The zero-order chi connectivity index (χ0) is 25.1. The molecule has 0 spiro atoms. The lowest BCUT2D eigenvalue weighted by atomic mass is 9.35. The van der Waals surface area contributed by atoms with Crippen LogP contribution in [-0.2, 0) is 0 Å². The highest BCUT2D eigenvalue weighted by Crippen LogP contribution is 2.76. The van der Waals surface area contributed by atoms with Crippen LogP contribution in [0.4, 0.5) is 0 Å². The highest BCUT2D eigenvalue weighted by molar-refractivity contribution is 5.35. The van der Waals surface area contributed by atoms with Gasteiger partial charge in [0.2, 0.25) is 0 Å². The molecule has 0 aliphatic heterocycles. The summed E-state index contributed by atoms with van der Waals surface area (Å²) in [5.74, 6) is 1.17. The Morgan fingerprint density at radius 3 is 2.21 bits per heavy atom. The molecular formula is C30H50O4. The van der Waals surface area contributed by atoms with Gasteiger partial charge in [0.15, 0.2) is 0 Å². The minimum absolute atomic E-state index is 0.00274. The molecule has 4 fully saturated rings. The molecule has 34 heavy (non-hydrogen) atoms. The molecule has 0 heterocycles. The van der Waals surface area contributed by atoms with Crippen molar-refractivity contribution in [3.8, 4) is 0 Å². The van der Waals surface area contributed by atoms with E-state index in [1.54, 1.807) is 0 Å². The molecule has 0 aromatic rings. The van der Waals surface area contributed by atoms with Crippen LogP contribution in [0.2, 0.25) is 0 Å². The number of rotatable bonds is 2. The highest BCUT2D eigenvalue weighted by Gasteiger charge is 2.72. The van der Waals surface area contributed by atoms with Crippen molar-refractivity contribution in [2.75, 3.05) is 6.61 Å². The summed E-state index contributed by atoms with van der Waals surface area (Å²) in [6.45, 7) is 16.2. The summed E-state index contributed by atoms with van der Waals surface area (Å²) in [4.78, 5) is 0. The third kappa shape index (κ3) is 2.81. The zero-order valence-corrected chi connectivity index (χ0v) is 22.6. The zero-order valence-electron chi connectivity index (χ0n) is 22.6. The van der Waals surface area contributed by atoms with Gasteiger partial charge in [-0.3, -0.25) is 0 Å². The fourth-order valence-electron chi connectivity index (χ4n) is 11.2. The summed E-state index contributed by atoms with van der Waals surface area (Å²) < 4.78 is 0. The van der Waals surface area contributed by atoms with Crippen molar-refractivity contribution < 1.29 is 20.4 Å². The Kier molecular flexibility index (Phi) is 5.61. The van der Waals surface area contributed by atoms with Crippen LogP contribution < -0.4 is 0 Å². The van der Waals surface area contributed by atoms with Gasteiger partial charge in [0.25, 0.3) is 0 Å². The van der Waals surface area contributed by atoms with E-state index in [0.717, 1.165) is 44.9 Å². The Balaban J connectivity index is 1.62. The van der Waals surface area contributed by atoms with Crippen LogP contribution in [0.15, 0.2) is 11.6 Å². The maximum atomic E-state index is 11.8. The van der Waals surface area contributed by atoms with Crippen molar-refractivity contribution in [3.63, 3.8) is 0 Å². The number of allylic oxidation sites excluding steroid dienone is 1. The third-order valence-electron chi connectivity index (χ3n) is 13.2. The van der Waals surface area contributed by atoms with Gasteiger partial charge in [-0.25, -0.2) is 0 Å². The van der Waals surface area contributed by atoms with E-state index in [2.05, 4.69) is 54.5 Å². The van der Waals surface area contributed by atoms with Crippen LogP contribution in [0.1, 0.15) is 93.4 Å². The Morgan fingerprint density at radius 2 is 1.59 bits per heavy atom. The fourth-order valence-corrected chi connectivity index (χ4v) is 11.2. The van der Waals surface area contributed by atoms with Crippen LogP contribution in [0.3, 0.4) is 0 Å². The van der Waals surface area contributed by atoms with Gasteiger partial charge in [-0.05, 0) is 90.3 Å². The van der Waals surface area contributed by atoms with Gasteiger partial charge in [-0.15, -0.1) is 0 Å². The fraction of sp³-hybridized carbons (Fsp3) is 0.933. The predicted molar refractivity (Wildman–Crippen MR) is 135 cm³/mol. The molecule has 5 rings (SSSR count). The Bertz CT molecular complexity index is 864. The molecule has 4 N–H and O–H groups in total. The third-order valence-corrected chi connectivity index (χ3v) is 13.2. The van der Waals surface area contributed by atoms with E-state index in [1.165, 1.54) is 5.57 Å². The second-order valence-electron chi connectivity index (χ2n) is 14.8. The van der Waals surface area contributed by atoms with E-state index in [4.69, 9.17) is 0 Å². The number of hydrogen-bond acceptors (Lipinski definition) is 4. The second kappa shape index (κ2) is 7.55. The molecule has 11 atom stereocenters. The van der Waals surface area contributed by atoms with Crippen LogP contribution in [0.25, 0.3) is 0 Å². The Morgan fingerprint density at radius 1 is 0.912 bits per heavy atom. The first-order valence-corrected chi connectivity index (χ1v) is 14.1. The number of aliphatic hydroxyl groups excluding tert-OH is 4. The summed E-state index contributed by atoms with van der Waals surface area (Å²) in [6.07, 6.45) is 7.45. The normalized spacial score (nSPS) is 56.2. The van der Waals surface area contributed by atoms with Crippen LogP contribution >= 0.6 is 0 Å². The van der Waals surface area contributed by atoms with Crippen LogP contribution in [0, 0.1) is 56.7 Å². The quantitative estimate of drug-likeness (QED) is 0.428. The largest absolute Gasteiger partial charge is 0.396 e. The van der Waals surface area contributed by atoms with E-state index in [1.807, 2.05) is 0 Å². The topological polar surface area (TPSA) is 80.9 Å². The molecule has 0 amide bonds. The first-order chi connectivity index (χ1) is 15.7. The van der Waals surface area contributed by atoms with E-state index in [0.29, 0.717) is 11.8 Å². The lowest BCUT2D eigenvalue weighted by Crippen LogP contribution is -2.66. The van der Waals surface area contributed by atoms with E-state index < -0.39 is 12.2 Å². The summed E-state index contributed by atoms with van der Waals surface area (Å²) in [5.41, 5.74) is 0.695. The summed E-state index contributed by atoms with van der Waals surface area (Å²) in [6, 6.07) is 0. The first kappa shape index (κ1) is 25.2. The summed E-state index contributed by atoms with van der Waals surface area (Å²) in [5, 5.41) is 45.1. The van der Waals surface area contributed by atoms with Gasteiger partial charge >= 0.3 is 0 Å². The molecule has 0 saturated heterocycles. The number of aliphatic hydroxyl groups is 4. The molecule has 5 aliphatic rings. The lowest BCUT2D eigenvalue weighted by Gasteiger charge is -2.70. The van der Waals surface area contributed by atoms with Crippen molar-refractivity contribution in [1.82, 2.24) is 0 Å². The molecular weight excluding hydrogens is 424 g/mol. The van der Waals surface area contributed by atoms with Gasteiger partial charge in [0, 0.05) is 17.9 Å². The summed E-state index contributed by atoms with van der Waals surface area (Å²) in [7, 11) is 0. The smallest absolute Gasteiger partial charge is 0.0614 e. The van der Waals surface area contributed by atoms with E-state index in [9.17, 15) is 20.4 Å².